The molecule has 140 valence electrons. The molecule has 0 atom stereocenters. The molecule has 1 aliphatic rings. The van der Waals surface area contributed by atoms with Crippen LogP contribution in [-0.2, 0) is 16.1 Å². The van der Waals surface area contributed by atoms with Gasteiger partial charge in [0.25, 0.3) is 11.8 Å². The first-order chi connectivity index (χ1) is 12.9. The van der Waals surface area contributed by atoms with Crippen molar-refractivity contribution in [2.45, 2.75) is 13.5 Å². The van der Waals surface area contributed by atoms with E-state index < -0.39 is 0 Å². The number of amides is 2. The van der Waals surface area contributed by atoms with Gasteiger partial charge in [-0.2, -0.15) is 0 Å². The lowest BCUT2D eigenvalue weighted by Crippen LogP contribution is -2.55. The van der Waals surface area contributed by atoms with Gasteiger partial charge in [0, 0.05) is 26.3 Å². The highest BCUT2D eigenvalue weighted by Crippen LogP contribution is 2.15. The Bertz CT molecular complexity index is 874. The van der Waals surface area contributed by atoms with Crippen molar-refractivity contribution in [3.63, 3.8) is 0 Å². The van der Waals surface area contributed by atoms with E-state index in [9.17, 15) is 9.59 Å². The molecule has 2 aromatic rings. The van der Waals surface area contributed by atoms with Crippen molar-refractivity contribution in [2.24, 2.45) is 4.99 Å². The van der Waals surface area contributed by atoms with Gasteiger partial charge < -0.3 is 10.2 Å². The van der Waals surface area contributed by atoms with Crippen molar-refractivity contribution in [1.29, 1.82) is 0 Å². The number of carbonyl (C=O) groups is 2. The molecule has 0 spiro atoms. The summed E-state index contributed by atoms with van der Waals surface area (Å²) in [5.74, 6) is -0.442. The summed E-state index contributed by atoms with van der Waals surface area (Å²) >= 11 is 0. The van der Waals surface area contributed by atoms with E-state index in [4.69, 9.17) is 0 Å². The molecule has 27 heavy (non-hydrogen) atoms. The summed E-state index contributed by atoms with van der Waals surface area (Å²) in [4.78, 5) is 30.7. The minimum absolute atomic E-state index is 0.0697. The van der Waals surface area contributed by atoms with Gasteiger partial charge in [0.05, 0.1) is 5.69 Å². The summed E-state index contributed by atoms with van der Waals surface area (Å²) in [7, 11) is 3.93. The van der Waals surface area contributed by atoms with Gasteiger partial charge in [-0.3, -0.25) is 20.0 Å². The zero-order chi connectivity index (χ0) is 19.4. The molecule has 0 aromatic heterocycles. The van der Waals surface area contributed by atoms with Gasteiger partial charge in [-0.05, 0) is 36.8 Å². The Morgan fingerprint density at radius 2 is 1.96 bits per heavy atom. The lowest BCUT2D eigenvalue weighted by molar-refractivity contribution is -0.118. The first kappa shape index (κ1) is 18.4. The Morgan fingerprint density at radius 1 is 1.22 bits per heavy atom. The molecule has 2 aromatic carbocycles. The minimum atomic E-state index is -0.352. The summed E-state index contributed by atoms with van der Waals surface area (Å²) in [6.45, 7) is 2.28. The molecule has 0 fully saturated rings. The van der Waals surface area contributed by atoms with Crippen LogP contribution in [0.4, 0.5) is 11.4 Å². The van der Waals surface area contributed by atoms with Crippen molar-refractivity contribution in [3.05, 3.63) is 59.7 Å². The molecule has 0 saturated carbocycles. The average Bonchev–Trinajstić information content (AvgIpc) is 2.67. The smallest absolute Gasteiger partial charge is 0.288 e. The van der Waals surface area contributed by atoms with Gasteiger partial charge in [-0.15, -0.1) is 0 Å². The van der Waals surface area contributed by atoms with Crippen LogP contribution in [-0.4, -0.2) is 38.3 Å². The van der Waals surface area contributed by atoms with Crippen molar-refractivity contribution in [2.75, 3.05) is 30.5 Å². The molecule has 1 aliphatic heterocycles. The average molecular weight is 365 g/mol. The topological polar surface area (TPSA) is 77.0 Å². The maximum atomic E-state index is 12.5. The van der Waals surface area contributed by atoms with Crippen molar-refractivity contribution in [1.82, 2.24) is 10.7 Å². The van der Waals surface area contributed by atoms with Crippen molar-refractivity contribution in [3.8, 4) is 0 Å². The highest BCUT2D eigenvalue weighted by molar-refractivity contribution is 6.39. The number of benzene rings is 2. The van der Waals surface area contributed by atoms with Crippen LogP contribution in [0.25, 0.3) is 0 Å². The fourth-order valence-electron chi connectivity index (χ4n) is 2.66. The van der Waals surface area contributed by atoms with E-state index >= 15 is 0 Å². The molecule has 2 amide bonds. The lowest BCUT2D eigenvalue weighted by Gasteiger charge is -2.27. The highest BCUT2D eigenvalue weighted by Gasteiger charge is 2.25. The number of hydrogen-bond donors (Lipinski definition) is 2. The number of aliphatic imine (C=N–C) groups is 1. The minimum Gasteiger partial charge on any atom is -0.378 e. The number of hydrogen-bond acceptors (Lipinski definition) is 5. The van der Waals surface area contributed by atoms with E-state index in [0.717, 1.165) is 16.8 Å². The standard InChI is InChI=1S/C20H23N5O2/c1-14-7-9-16(10-8-14)25-18(26)13-21-19(23-25)20(27)22-12-15-5-4-6-17(11-15)24(2)3/h4-11H,12-13H2,1-3H3,(H,21,23)(H,22,27). The number of nitrogens with zero attached hydrogens (tertiary/aromatic N) is 3. The molecule has 1 heterocycles. The highest BCUT2D eigenvalue weighted by atomic mass is 16.2. The molecule has 0 saturated heterocycles. The van der Waals surface area contributed by atoms with Gasteiger partial charge in [0.1, 0.15) is 6.54 Å². The van der Waals surface area contributed by atoms with Crippen LogP contribution in [0.2, 0.25) is 0 Å². The largest absolute Gasteiger partial charge is 0.378 e. The second-order valence-electron chi connectivity index (χ2n) is 6.59. The summed E-state index contributed by atoms with van der Waals surface area (Å²) in [6, 6.07) is 15.4. The van der Waals surface area contributed by atoms with Crippen LogP contribution in [0, 0.1) is 6.92 Å². The molecule has 0 radical (unpaired) electrons. The number of rotatable bonds is 5. The van der Waals surface area contributed by atoms with E-state index in [1.54, 1.807) is 0 Å². The molecule has 0 bridgehead atoms. The monoisotopic (exact) mass is 365 g/mol. The molecule has 0 unspecified atom stereocenters. The summed E-state index contributed by atoms with van der Waals surface area (Å²) in [6.07, 6.45) is 0. The third-order valence-electron chi connectivity index (χ3n) is 4.23. The SMILES string of the molecule is Cc1ccc(N2NC(C(=O)NCc3cccc(N(C)C)c3)=NCC2=O)cc1. The number of amidine groups is 1. The van der Waals surface area contributed by atoms with Crippen molar-refractivity contribution < 1.29 is 9.59 Å². The van der Waals surface area contributed by atoms with Crippen LogP contribution in [0.15, 0.2) is 53.5 Å². The first-order valence-corrected chi connectivity index (χ1v) is 8.69. The number of hydrazine groups is 1. The quantitative estimate of drug-likeness (QED) is 0.844. The van der Waals surface area contributed by atoms with Crippen LogP contribution in [0.3, 0.4) is 0 Å². The lowest BCUT2D eigenvalue weighted by atomic mass is 10.2. The van der Waals surface area contributed by atoms with Gasteiger partial charge in [0.15, 0.2) is 0 Å². The molecule has 7 heteroatoms. The Balaban J connectivity index is 1.65. The Labute approximate surface area is 158 Å². The van der Waals surface area contributed by atoms with Gasteiger partial charge in [0.2, 0.25) is 5.84 Å². The number of carbonyl (C=O) groups excluding carboxylic acids is 2. The zero-order valence-corrected chi connectivity index (χ0v) is 15.7. The van der Waals surface area contributed by atoms with Gasteiger partial charge in [-0.1, -0.05) is 29.8 Å². The Kier molecular flexibility index (Phi) is 5.40. The van der Waals surface area contributed by atoms with Crippen LogP contribution < -0.4 is 20.7 Å². The van der Waals surface area contributed by atoms with E-state index in [0.29, 0.717) is 12.2 Å². The molecular formula is C20H23N5O2. The van der Waals surface area contributed by atoms with E-state index in [1.807, 2.05) is 74.4 Å². The third-order valence-corrected chi connectivity index (χ3v) is 4.23. The number of aryl methyl sites for hydroxylation is 1. The molecule has 2 N–H and O–H groups in total. The fraction of sp³-hybridized carbons (Fsp3) is 0.250. The Morgan fingerprint density at radius 3 is 2.67 bits per heavy atom. The predicted octanol–water partition coefficient (Wildman–Crippen LogP) is 1.63. The number of anilines is 2. The second-order valence-corrected chi connectivity index (χ2v) is 6.59. The molecular weight excluding hydrogens is 342 g/mol. The summed E-state index contributed by atoms with van der Waals surface area (Å²) in [5.41, 5.74) is 6.63. The molecule has 0 aliphatic carbocycles. The van der Waals surface area contributed by atoms with Crippen LogP contribution in [0.1, 0.15) is 11.1 Å². The van der Waals surface area contributed by atoms with Gasteiger partial charge in [-0.25, -0.2) is 5.01 Å². The Hall–Kier alpha value is -3.35. The second kappa shape index (κ2) is 7.90. The maximum absolute atomic E-state index is 12.5. The van der Waals surface area contributed by atoms with Gasteiger partial charge >= 0.3 is 0 Å². The van der Waals surface area contributed by atoms with Crippen molar-refractivity contribution >= 4 is 29.0 Å². The number of nitrogens with one attached hydrogen (secondary N) is 2. The fourth-order valence-corrected chi connectivity index (χ4v) is 2.66. The van der Waals surface area contributed by atoms with Crippen LogP contribution in [0.5, 0.6) is 0 Å². The summed E-state index contributed by atoms with van der Waals surface area (Å²) < 4.78 is 0. The van der Waals surface area contributed by atoms with Crippen LogP contribution >= 0.6 is 0 Å². The van der Waals surface area contributed by atoms with E-state index in [2.05, 4.69) is 15.7 Å². The predicted molar refractivity (Wildman–Crippen MR) is 107 cm³/mol. The molecule has 7 nitrogen and oxygen atoms in total. The van der Waals surface area contributed by atoms with E-state index in [1.165, 1.54) is 5.01 Å². The maximum Gasteiger partial charge on any atom is 0.288 e. The third kappa shape index (κ3) is 4.44. The molecule has 3 rings (SSSR count). The zero-order valence-electron chi connectivity index (χ0n) is 15.7. The van der Waals surface area contributed by atoms with E-state index in [-0.39, 0.29) is 24.2 Å². The normalized spacial score (nSPS) is 13.7. The first-order valence-electron chi connectivity index (χ1n) is 8.69. The summed E-state index contributed by atoms with van der Waals surface area (Å²) in [5, 5.41) is 4.20.